The highest BCUT2D eigenvalue weighted by Crippen LogP contribution is 2.37. The van der Waals surface area contributed by atoms with Crippen LogP contribution in [0.1, 0.15) is 23.7 Å². The van der Waals surface area contributed by atoms with E-state index in [4.69, 9.17) is 14.6 Å². The normalized spacial score (nSPS) is 16.2. The Kier molecular flexibility index (Phi) is 4.13. The molecule has 0 atom stereocenters. The molecule has 2 rings (SSSR count). The Labute approximate surface area is 124 Å². The van der Waals surface area contributed by atoms with Crippen LogP contribution in [0.2, 0.25) is 0 Å². The van der Waals surface area contributed by atoms with Crippen molar-refractivity contribution in [2.24, 2.45) is 0 Å². The summed E-state index contributed by atoms with van der Waals surface area (Å²) in [4.78, 5) is 23.6. The van der Waals surface area contributed by atoms with Gasteiger partial charge in [-0.1, -0.05) is 6.92 Å². The monoisotopic (exact) mass is 340 g/mol. The van der Waals surface area contributed by atoms with Gasteiger partial charge < -0.3 is 14.6 Å². The number of ketones is 1. The van der Waals surface area contributed by atoms with E-state index in [1.807, 2.05) is 0 Å². The number of fused-ring (bicyclic) bond motifs is 1. The fourth-order valence-electron chi connectivity index (χ4n) is 2.08. The molecule has 5 nitrogen and oxygen atoms in total. The maximum Gasteiger partial charge on any atom is 0.332 e. The highest BCUT2D eigenvalue weighted by molar-refractivity contribution is 9.10. The Bertz CT molecular complexity index is 618. The molecule has 0 amide bonds. The zero-order valence-corrected chi connectivity index (χ0v) is 12.6. The summed E-state index contributed by atoms with van der Waals surface area (Å²) in [6.45, 7) is 1.66. The quantitative estimate of drug-likeness (QED) is 0.856. The van der Waals surface area contributed by atoms with Crippen LogP contribution in [0.15, 0.2) is 27.8 Å². The molecule has 1 aromatic rings. The van der Waals surface area contributed by atoms with Crippen molar-refractivity contribution in [3.8, 4) is 11.5 Å². The van der Waals surface area contributed by atoms with Crippen LogP contribution in [0.4, 0.5) is 0 Å². The lowest BCUT2D eigenvalue weighted by Crippen LogP contribution is -2.23. The average Bonchev–Trinajstić information content (AvgIpc) is 2.42. The first kappa shape index (κ1) is 14.6. The summed E-state index contributed by atoms with van der Waals surface area (Å²) in [5, 5.41) is 9.13. The molecular weight excluding hydrogens is 328 g/mol. The number of methoxy groups -OCH3 is 1. The van der Waals surface area contributed by atoms with E-state index in [2.05, 4.69) is 15.9 Å². The first-order valence-corrected chi connectivity index (χ1v) is 6.79. The fourth-order valence-corrected chi connectivity index (χ4v) is 2.59. The van der Waals surface area contributed by atoms with Gasteiger partial charge >= 0.3 is 5.97 Å². The van der Waals surface area contributed by atoms with Gasteiger partial charge in [-0.25, -0.2) is 4.79 Å². The molecule has 1 aliphatic heterocycles. The minimum atomic E-state index is -1.09. The minimum absolute atomic E-state index is 0.0356. The van der Waals surface area contributed by atoms with Crippen molar-refractivity contribution in [1.29, 1.82) is 0 Å². The van der Waals surface area contributed by atoms with Crippen LogP contribution in [0.3, 0.4) is 0 Å². The molecule has 0 saturated carbocycles. The van der Waals surface area contributed by atoms with Crippen molar-refractivity contribution < 1.29 is 24.2 Å². The second-order valence-electron chi connectivity index (χ2n) is 4.22. The lowest BCUT2D eigenvalue weighted by atomic mass is 9.95. The zero-order chi connectivity index (χ0) is 14.9. The second-order valence-corrected chi connectivity index (χ2v) is 5.07. The van der Waals surface area contributed by atoms with Crippen molar-refractivity contribution in [1.82, 2.24) is 0 Å². The van der Waals surface area contributed by atoms with E-state index in [0.29, 0.717) is 21.5 Å². The number of hydrogen-bond donors (Lipinski definition) is 1. The summed E-state index contributed by atoms with van der Waals surface area (Å²) >= 11 is 3.30. The van der Waals surface area contributed by atoms with E-state index in [1.165, 1.54) is 7.11 Å². The average molecular weight is 341 g/mol. The van der Waals surface area contributed by atoms with Crippen LogP contribution < -0.4 is 9.47 Å². The van der Waals surface area contributed by atoms with Crippen molar-refractivity contribution in [2.45, 2.75) is 13.3 Å². The highest BCUT2D eigenvalue weighted by atomic mass is 79.9. The molecule has 6 heteroatoms. The summed E-state index contributed by atoms with van der Waals surface area (Å²) in [6.07, 6.45) is 0.270. The number of carbonyl (C=O) groups is 2. The summed E-state index contributed by atoms with van der Waals surface area (Å²) in [5.41, 5.74) is 0.628. The van der Waals surface area contributed by atoms with E-state index in [-0.39, 0.29) is 30.0 Å². The summed E-state index contributed by atoms with van der Waals surface area (Å²) < 4.78 is 11.2. The predicted octanol–water partition coefficient (Wildman–Crippen LogP) is 2.82. The number of benzene rings is 1. The molecule has 0 radical (unpaired) electrons. The highest BCUT2D eigenvalue weighted by Gasteiger charge is 2.29. The molecule has 106 valence electrons. The van der Waals surface area contributed by atoms with Crippen molar-refractivity contribution in [3.05, 3.63) is 33.3 Å². The summed E-state index contributed by atoms with van der Waals surface area (Å²) in [6, 6.07) is 3.20. The van der Waals surface area contributed by atoms with Gasteiger partial charge in [-0.2, -0.15) is 0 Å². The molecule has 0 aliphatic carbocycles. The molecule has 0 fully saturated rings. The van der Waals surface area contributed by atoms with Crippen LogP contribution in [-0.4, -0.2) is 30.6 Å². The van der Waals surface area contributed by atoms with Crippen LogP contribution in [-0.2, 0) is 4.79 Å². The smallest absolute Gasteiger partial charge is 0.332 e. The Hall–Kier alpha value is -1.82. The maximum absolute atomic E-state index is 12.4. The Morgan fingerprint density at radius 3 is 2.75 bits per heavy atom. The van der Waals surface area contributed by atoms with Gasteiger partial charge in [-0.15, -0.1) is 0 Å². The number of hydrogen-bond acceptors (Lipinski definition) is 4. The molecule has 1 heterocycles. The standard InChI is InChI=1S/C14H13BrO5/c1-3-7(14(17)18)9-6-20-11-5-12(19-2)10(15)4-8(11)13(9)16/h4-5H,3,6H2,1-2H3,(H,17,18). The van der Waals surface area contributed by atoms with Gasteiger partial charge in [-0.3, -0.25) is 4.79 Å². The number of carboxylic acids is 1. The number of halogens is 1. The van der Waals surface area contributed by atoms with Crippen molar-refractivity contribution >= 4 is 27.7 Å². The third-order valence-electron chi connectivity index (χ3n) is 3.12. The van der Waals surface area contributed by atoms with E-state index in [1.54, 1.807) is 19.1 Å². The molecule has 0 aromatic heterocycles. The van der Waals surface area contributed by atoms with Crippen molar-refractivity contribution in [2.75, 3.05) is 13.7 Å². The Morgan fingerprint density at radius 1 is 1.50 bits per heavy atom. The first-order valence-electron chi connectivity index (χ1n) is 5.99. The lowest BCUT2D eigenvalue weighted by Gasteiger charge is -2.21. The summed E-state index contributed by atoms with van der Waals surface area (Å²) in [5.74, 6) is -0.443. The molecule has 20 heavy (non-hydrogen) atoms. The molecular formula is C14H13BrO5. The molecule has 1 aliphatic rings. The van der Waals surface area contributed by atoms with Gasteiger partial charge in [0.2, 0.25) is 0 Å². The number of Topliss-reactive ketones (excluding diaryl/α,β-unsaturated/α-hetero) is 1. The van der Waals surface area contributed by atoms with Crippen LogP contribution in [0, 0.1) is 0 Å². The third-order valence-corrected chi connectivity index (χ3v) is 3.74. The minimum Gasteiger partial charge on any atom is -0.495 e. The first-order chi connectivity index (χ1) is 9.49. The second kappa shape index (κ2) is 5.66. The number of carbonyl (C=O) groups excluding carboxylic acids is 1. The third kappa shape index (κ3) is 2.43. The topological polar surface area (TPSA) is 72.8 Å². The number of carboxylic acid groups (broad SMARTS) is 1. The van der Waals surface area contributed by atoms with Crippen LogP contribution in [0.25, 0.3) is 0 Å². The predicted molar refractivity (Wildman–Crippen MR) is 75.5 cm³/mol. The van der Waals surface area contributed by atoms with Gasteiger partial charge in [-0.05, 0) is 28.4 Å². The van der Waals surface area contributed by atoms with Crippen LogP contribution >= 0.6 is 15.9 Å². The maximum atomic E-state index is 12.4. The van der Waals surface area contributed by atoms with E-state index >= 15 is 0 Å². The largest absolute Gasteiger partial charge is 0.495 e. The molecule has 0 saturated heterocycles. The number of ether oxygens (including phenoxy) is 2. The van der Waals surface area contributed by atoms with Gasteiger partial charge in [0.1, 0.15) is 18.1 Å². The summed E-state index contributed by atoms with van der Waals surface area (Å²) in [7, 11) is 1.52. The van der Waals surface area contributed by atoms with Gasteiger partial charge in [0.15, 0.2) is 5.78 Å². The molecule has 1 N–H and O–H groups in total. The van der Waals surface area contributed by atoms with E-state index in [9.17, 15) is 9.59 Å². The zero-order valence-electron chi connectivity index (χ0n) is 11.0. The Balaban J connectivity index is 2.55. The van der Waals surface area contributed by atoms with Crippen molar-refractivity contribution in [3.63, 3.8) is 0 Å². The molecule has 0 spiro atoms. The van der Waals surface area contributed by atoms with Gasteiger partial charge in [0, 0.05) is 17.2 Å². The SMILES string of the molecule is CCC(C(=O)O)=C1COc2cc(OC)c(Br)cc2C1=O. The molecule has 0 bridgehead atoms. The fraction of sp³-hybridized carbons (Fsp3) is 0.286. The molecule has 0 unspecified atom stereocenters. The van der Waals surface area contributed by atoms with Crippen LogP contribution in [0.5, 0.6) is 11.5 Å². The van der Waals surface area contributed by atoms with Gasteiger partial charge in [0.25, 0.3) is 0 Å². The van der Waals surface area contributed by atoms with Gasteiger partial charge in [0.05, 0.1) is 17.1 Å². The van der Waals surface area contributed by atoms with E-state index in [0.717, 1.165) is 0 Å². The molecule has 1 aromatic carbocycles. The number of aliphatic carboxylic acids is 1. The number of rotatable bonds is 3. The Morgan fingerprint density at radius 2 is 2.20 bits per heavy atom. The van der Waals surface area contributed by atoms with E-state index < -0.39 is 5.97 Å². The lowest BCUT2D eigenvalue weighted by molar-refractivity contribution is -0.132.